The number of hydrogen-bond donors (Lipinski definition) is 1. The van der Waals surface area contributed by atoms with E-state index in [1.807, 2.05) is 0 Å². The molecule has 0 aliphatic rings. The molecular formula is C10H7Cl2NO2. The second-order valence-electron chi connectivity index (χ2n) is 3.11. The smallest absolute Gasteiger partial charge is 0.416 e. The number of hydrogen-bond acceptors (Lipinski definition) is 1. The van der Waals surface area contributed by atoms with Crippen molar-refractivity contribution in [1.82, 2.24) is 4.57 Å². The van der Waals surface area contributed by atoms with Crippen LogP contribution in [0.3, 0.4) is 0 Å². The largest absolute Gasteiger partial charge is 0.464 e. The highest BCUT2D eigenvalue weighted by atomic mass is 35.5. The molecule has 0 atom stereocenters. The van der Waals surface area contributed by atoms with Crippen LogP contribution in [-0.2, 0) is 5.88 Å². The number of halogens is 2. The molecule has 3 nitrogen and oxygen atoms in total. The number of alkyl halides is 1. The van der Waals surface area contributed by atoms with Crippen LogP contribution >= 0.6 is 23.2 Å². The summed E-state index contributed by atoms with van der Waals surface area (Å²) in [6.45, 7) is 0. The molecule has 0 radical (unpaired) electrons. The van der Waals surface area contributed by atoms with E-state index in [-0.39, 0.29) is 0 Å². The van der Waals surface area contributed by atoms with E-state index < -0.39 is 6.09 Å². The second kappa shape index (κ2) is 3.76. The topological polar surface area (TPSA) is 42.2 Å². The van der Waals surface area contributed by atoms with Crippen molar-refractivity contribution in [3.8, 4) is 0 Å². The van der Waals surface area contributed by atoms with E-state index in [0.29, 0.717) is 21.8 Å². The number of nitrogens with zero attached hydrogens (tertiary/aromatic N) is 1. The first kappa shape index (κ1) is 10.3. The first-order valence-corrected chi connectivity index (χ1v) is 5.13. The van der Waals surface area contributed by atoms with Crippen molar-refractivity contribution in [3.63, 3.8) is 0 Å². The highest BCUT2D eigenvalue weighted by molar-refractivity contribution is 6.36. The van der Waals surface area contributed by atoms with Crippen molar-refractivity contribution in [3.05, 3.63) is 35.0 Å². The van der Waals surface area contributed by atoms with Crippen molar-refractivity contribution in [2.45, 2.75) is 5.88 Å². The highest BCUT2D eigenvalue weighted by Crippen LogP contribution is 2.27. The zero-order valence-electron chi connectivity index (χ0n) is 7.58. The molecule has 0 fully saturated rings. The molecule has 1 aromatic heterocycles. The summed E-state index contributed by atoms with van der Waals surface area (Å²) < 4.78 is 1.09. The van der Waals surface area contributed by atoms with Gasteiger partial charge in [0.25, 0.3) is 0 Å². The van der Waals surface area contributed by atoms with Gasteiger partial charge in [0.05, 0.1) is 10.5 Å². The van der Waals surface area contributed by atoms with E-state index >= 15 is 0 Å². The number of carboxylic acid groups (broad SMARTS) is 1. The molecule has 0 aliphatic heterocycles. The Bertz CT molecular complexity index is 533. The van der Waals surface area contributed by atoms with Crippen LogP contribution in [0.15, 0.2) is 24.4 Å². The fourth-order valence-electron chi connectivity index (χ4n) is 1.48. The number of aromatic nitrogens is 1. The van der Waals surface area contributed by atoms with Gasteiger partial charge in [0.15, 0.2) is 0 Å². The lowest BCUT2D eigenvalue weighted by Crippen LogP contribution is -2.05. The summed E-state index contributed by atoms with van der Waals surface area (Å²) >= 11 is 11.6. The van der Waals surface area contributed by atoms with Crippen LogP contribution in [0.4, 0.5) is 4.79 Å². The zero-order valence-corrected chi connectivity index (χ0v) is 9.09. The number of fused-ring (bicyclic) bond motifs is 1. The fraction of sp³-hybridized carbons (Fsp3) is 0.100. The van der Waals surface area contributed by atoms with Crippen LogP contribution in [0, 0.1) is 0 Å². The van der Waals surface area contributed by atoms with E-state index in [0.717, 1.165) is 10.1 Å². The Labute approximate surface area is 95.8 Å². The third-order valence-electron chi connectivity index (χ3n) is 2.18. The summed E-state index contributed by atoms with van der Waals surface area (Å²) in [6.07, 6.45) is 0.331. The van der Waals surface area contributed by atoms with E-state index in [1.165, 1.54) is 6.20 Å². The molecule has 0 aliphatic carbocycles. The monoisotopic (exact) mass is 243 g/mol. The summed E-state index contributed by atoms with van der Waals surface area (Å²) in [5.74, 6) is 0.379. The van der Waals surface area contributed by atoms with Gasteiger partial charge in [-0.3, -0.25) is 4.57 Å². The maximum atomic E-state index is 10.9. The Balaban J connectivity index is 2.75. The molecule has 1 heterocycles. The molecule has 1 N–H and O–H groups in total. The van der Waals surface area contributed by atoms with Gasteiger partial charge in [0.2, 0.25) is 0 Å². The molecule has 0 bridgehead atoms. The summed E-state index contributed by atoms with van der Waals surface area (Å²) in [5, 5.41) is 10.0. The number of benzene rings is 1. The lowest BCUT2D eigenvalue weighted by molar-refractivity contribution is 0.197. The molecule has 0 saturated carbocycles. The van der Waals surface area contributed by atoms with E-state index in [2.05, 4.69) is 0 Å². The van der Waals surface area contributed by atoms with E-state index in [4.69, 9.17) is 28.3 Å². The average molecular weight is 244 g/mol. The minimum Gasteiger partial charge on any atom is -0.464 e. The highest BCUT2D eigenvalue weighted by Gasteiger charge is 2.11. The van der Waals surface area contributed by atoms with Gasteiger partial charge in [0, 0.05) is 17.5 Å². The Morgan fingerprint density at radius 2 is 2.20 bits per heavy atom. The molecular weight excluding hydrogens is 237 g/mol. The molecule has 2 rings (SSSR count). The Kier molecular flexibility index (Phi) is 2.59. The fourth-order valence-corrected chi connectivity index (χ4v) is 1.89. The van der Waals surface area contributed by atoms with Gasteiger partial charge >= 0.3 is 6.09 Å². The molecule has 0 amide bonds. The van der Waals surface area contributed by atoms with Gasteiger partial charge in [-0.05, 0) is 17.7 Å². The number of carbonyl (C=O) groups is 1. The maximum Gasteiger partial charge on any atom is 0.416 e. The standard InChI is InChI=1S/C10H7Cl2NO2/c11-4-6-1-2-9-7(3-6)8(12)5-13(9)10(14)15/h1-3,5H,4H2,(H,14,15). The van der Waals surface area contributed by atoms with Crippen LogP contribution in [-0.4, -0.2) is 15.8 Å². The van der Waals surface area contributed by atoms with Crippen molar-refractivity contribution < 1.29 is 9.90 Å². The first-order valence-electron chi connectivity index (χ1n) is 4.22. The Hall–Kier alpha value is -1.19. The summed E-state index contributed by atoms with van der Waals surface area (Å²) in [6, 6.07) is 5.28. The summed E-state index contributed by atoms with van der Waals surface area (Å²) in [7, 11) is 0. The Morgan fingerprint density at radius 3 is 2.80 bits per heavy atom. The van der Waals surface area contributed by atoms with E-state index in [9.17, 15) is 4.79 Å². The summed E-state index contributed by atoms with van der Waals surface area (Å²) in [4.78, 5) is 10.9. The van der Waals surface area contributed by atoms with Crippen molar-refractivity contribution >= 4 is 40.2 Å². The van der Waals surface area contributed by atoms with Crippen molar-refractivity contribution in [2.75, 3.05) is 0 Å². The van der Waals surface area contributed by atoms with Crippen LogP contribution in [0.2, 0.25) is 5.02 Å². The molecule has 0 saturated heterocycles. The van der Waals surface area contributed by atoms with Gasteiger partial charge < -0.3 is 5.11 Å². The molecule has 2 aromatic rings. The third-order valence-corrected chi connectivity index (χ3v) is 2.79. The lowest BCUT2D eigenvalue weighted by atomic mass is 10.2. The van der Waals surface area contributed by atoms with Gasteiger partial charge in [0.1, 0.15) is 0 Å². The predicted molar refractivity (Wildman–Crippen MR) is 59.9 cm³/mol. The van der Waals surface area contributed by atoms with Crippen LogP contribution in [0.1, 0.15) is 5.56 Å². The number of rotatable bonds is 1. The SMILES string of the molecule is O=C(O)n1cc(Cl)c2cc(CCl)ccc21. The normalized spacial score (nSPS) is 10.8. The van der Waals surface area contributed by atoms with Gasteiger partial charge in [-0.15, -0.1) is 11.6 Å². The minimum atomic E-state index is -1.05. The van der Waals surface area contributed by atoms with Crippen LogP contribution < -0.4 is 0 Å². The zero-order chi connectivity index (χ0) is 11.0. The summed E-state index contributed by atoms with van der Waals surface area (Å²) in [5.41, 5.74) is 1.48. The first-order chi connectivity index (χ1) is 7.13. The quantitative estimate of drug-likeness (QED) is 0.779. The third kappa shape index (κ3) is 1.68. The maximum absolute atomic E-state index is 10.9. The van der Waals surface area contributed by atoms with Gasteiger partial charge in [-0.1, -0.05) is 17.7 Å². The minimum absolute atomic E-state index is 0.379. The molecule has 0 spiro atoms. The van der Waals surface area contributed by atoms with Gasteiger partial charge in [-0.25, -0.2) is 4.79 Å². The molecule has 78 valence electrons. The van der Waals surface area contributed by atoms with Crippen molar-refractivity contribution in [2.24, 2.45) is 0 Å². The van der Waals surface area contributed by atoms with E-state index in [1.54, 1.807) is 18.2 Å². The van der Waals surface area contributed by atoms with Crippen LogP contribution in [0.25, 0.3) is 10.9 Å². The lowest BCUT2D eigenvalue weighted by Gasteiger charge is -1.98. The molecule has 0 unspecified atom stereocenters. The van der Waals surface area contributed by atoms with Gasteiger partial charge in [-0.2, -0.15) is 0 Å². The molecule has 15 heavy (non-hydrogen) atoms. The molecule has 1 aromatic carbocycles. The second-order valence-corrected chi connectivity index (χ2v) is 3.79. The predicted octanol–water partition coefficient (Wildman–Crippen LogP) is 3.56. The molecule has 5 heteroatoms. The van der Waals surface area contributed by atoms with Crippen molar-refractivity contribution in [1.29, 1.82) is 0 Å². The average Bonchev–Trinajstić information content (AvgIpc) is 2.56. The Morgan fingerprint density at radius 1 is 1.47 bits per heavy atom. The van der Waals surface area contributed by atoms with Crippen LogP contribution in [0.5, 0.6) is 0 Å².